The smallest absolute Gasteiger partial charge is 0.256 e. The standard InChI is InChI=1S/C23H23N3O4/c1-15-2-3-17(22(27)24-21-6-9-29-26-21)12-18(15)16-4-5-19-20(13-16)25-30-14-23(19)7-10-28-11-8-23/h2-6,9,12-13,25H,7-8,10-11,14H2,1H3,(H,24,26,27). The number of benzene rings is 2. The number of anilines is 2. The summed E-state index contributed by atoms with van der Waals surface area (Å²) in [5.74, 6) is 0.157. The van der Waals surface area contributed by atoms with Crippen LogP contribution in [0.1, 0.15) is 34.3 Å². The second-order valence-corrected chi connectivity index (χ2v) is 7.91. The highest BCUT2D eigenvalue weighted by atomic mass is 16.6. The molecule has 2 aliphatic heterocycles. The van der Waals surface area contributed by atoms with Gasteiger partial charge in [0.05, 0.1) is 12.3 Å². The van der Waals surface area contributed by atoms with Gasteiger partial charge >= 0.3 is 0 Å². The number of nitrogens with one attached hydrogen (secondary N) is 2. The van der Waals surface area contributed by atoms with Crippen LogP contribution in [-0.4, -0.2) is 30.9 Å². The lowest BCUT2D eigenvalue weighted by atomic mass is 9.73. The van der Waals surface area contributed by atoms with Crippen LogP contribution < -0.4 is 10.8 Å². The predicted molar refractivity (Wildman–Crippen MR) is 112 cm³/mol. The number of amides is 1. The van der Waals surface area contributed by atoms with E-state index in [0.717, 1.165) is 48.4 Å². The fraction of sp³-hybridized carbons (Fsp3) is 0.304. The topological polar surface area (TPSA) is 85.6 Å². The van der Waals surface area contributed by atoms with Crippen molar-refractivity contribution in [3.05, 3.63) is 65.4 Å². The fourth-order valence-corrected chi connectivity index (χ4v) is 4.30. The number of hydrogen-bond acceptors (Lipinski definition) is 6. The van der Waals surface area contributed by atoms with Gasteiger partial charge in [0, 0.05) is 30.3 Å². The molecule has 3 heterocycles. The van der Waals surface area contributed by atoms with Gasteiger partial charge in [0.2, 0.25) is 0 Å². The van der Waals surface area contributed by atoms with E-state index in [1.54, 1.807) is 6.07 Å². The van der Waals surface area contributed by atoms with Crippen molar-refractivity contribution >= 4 is 17.4 Å². The molecule has 1 fully saturated rings. The Morgan fingerprint density at radius 1 is 1.13 bits per heavy atom. The summed E-state index contributed by atoms with van der Waals surface area (Å²) < 4.78 is 10.3. The zero-order valence-corrected chi connectivity index (χ0v) is 16.7. The van der Waals surface area contributed by atoms with Crippen LogP contribution in [0.25, 0.3) is 11.1 Å². The summed E-state index contributed by atoms with van der Waals surface area (Å²) >= 11 is 0. The molecule has 1 spiro atoms. The Labute approximate surface area is 174 Å². The first-order valence-electron chi connectivity index (χ1n) is 10.1. The number of aromatic nitrogens is 1. The number of carbonyl (C=O) groups excluding carboxylic acids is 1. The van der Waals surface area contributed by atoms with Crippen LogP contribution in [-0.2, 0) is 15.0 Å². The van der Waals surface area contributed by atoms with Gasteiger partial charge in [0.15, 0.2) is 5.82 Å². The molecule has 0 radical (unpaired) electrons. The van der Waals surface area contributed by atoms with Gasteiger partial charge < -0.3 is 14.6 Å². The van der Waals surface area contributed by atoms with E-state index in [2.05, 4.69) is 34.2 Å². The molecule has 0 saturated carbocycles. The monoisotopic (exact) mass is 405 g/mol. The van der Waals surface area contributed by atoms with Crippen molar-refractivity contribution in [1.82, 2.24) is 5.16 Å². The van der Waals surface area contributed by atoms with E-state index in [-0.39, 0.29) is 11.3 Å². The van der Waals surface area contributed by atoms with E-state index in [1.807, 2.05) is 25.1 Å². The summed E-state index contributed by atoms with van der Waals surface area (Å²) in [6, 6.07) is 13.7. The summed E-state index contributed by atoms with van der Waals surface area (Å²) in [5, 5.41) is 6.47. The summed E-state index contributed by atoms with van der Waals surface area (Å²) in [7, 11) is 0. The maximum atomic E-state index is 12.6. The second kappa shape index (κ2) is 7.59. The average molecular weight is 405 g/mol. The first-order valence-corrected chi connectivity index (χ1v) is 10.1. The molecule has 7 nitrogen and oxygen atoms in total. The molecule has 30 heavy (non-hydrogen) atoms. The van der Waals surface area contributed by atoms with E-state index in [1.165, 1.54) is 11.8 Å². The summed E-state index contributed by atoms with van der Waals surface area (Å²) in [6.07, 6.45) is 3.33. The third-order valence-electron chi connectivity index (χ3n) is 6.06. The zero-order chi connectivity index (χ0) is 20.6. The highest BCUT2D eigenvalue weighted by Gasteiger charge is 2.39. The predicted octanol–water partition coefficient (Wildman–Crippen LogP) is 4.31. The van der Waals surface area contributed by atoms with Crippen molar-refractivity contribution in [1.29, 1.82) is 0 Å². The van der Waals surface area contributed by atoms with Crippen molar-refractivity contribution in [2.75, 3.05) is 30.6 Å². The highest BCUT2D eigenvalue weighted by molar-refractivity contribution is 6.04. The molecule has 2 N–H and O–H groups in total. The number of nitrogens with zero attached hydrogens (tertiary/aromatic N) is 1. The molecular weight excluding hydrogens is 382 g/mol. The maximum absolute atomic E-state index is 12.6. The van der Waals surface area contributed by atoms with Crippen LogP contribution in [0.4, 0.5) is 11.5 Å². The van der Waals surface area contributed by atoms with Gasteiger partial charge in [-0.1, -0.05) is 23.4 Å². The van der Waals surface area contributed by atoms with Gasteiger partial charge in [0.1, 0.15) is 6.26 Å². The first-order chi connectivity index (χ1) is 14.6. The summed E-state index contributed by atoms with van der Waals surface area (Å²) in [4.78, 5) is 18.4. The van der Waals surface area contributed by atoms with Crippen LogP contribution in [0.3, 0.4) is 0 Å². The van der Waals surface area contributed by atoms with Gasteiger partial charge in [-0.25, -0.2) is 0 Å². The molecule has 3 aromatic rings. The maximum Gasteiger partial charge on any atom is 0.256 e. The summed E-state index contributed by atoms with van der Waals surface area (Å²) in [5.41, 5.74) is 9.03. The van der Waals surface area contributed by atoms with Crippen LogP contribution in [0, 0.1) is 6.92 Å². The number of hydrogen-bond donors (Lipinski definition) is 2. The van der Waals surface area contributed by atoms with Crippen LogP contribution >= 0.6 is 0 Å². The average Bonchev–Trinajstić information content (AvgIpc) is 3.28. The van der Waals surface area contributed by atoms with Crippen molar-refractivity contribution in [3.8, 4) is 11.1 Å². The van der Waals surface area contributed by atoms with Gasteiger partial charge in [-0.05, 0) is 60.2 Å². The largest absolute Gasteiger partial charge is 0.381 e. The molecule has 2 aliphatic rings. The Morgan fingerprint density at radius 2 is 2.00 bits per heavy atom. The van der Waals surface area contributed by atoms with E-state index >= 15 is 0 Å². The third kappa shape index (κ3) is 3.36. The lowest BCUT2D eigenvalue weighted by molar-refractivity contribution is 0.00644. The van der Waals surface area contributed by atoms with E-state index < -0.39 is 0 Å². The van der Waals surface area contributed by atoms with Crippen LogP contribution in [0.15, 0.2) is 53.3 Å². The third-order valence-corrected chi connectivity index (χ3v) is 6.06. The first kappa shape index (κ1) is 18.8. The Bertz CT molecular complexity index is 1070. The van der Waals surface area contributed by atoms with Gasteiger partial charge in [-0.3, -0.25) is 15.1 Å². The molecule has 2 aromatic carbocycles. The molecule has 0 unspecified atom stereocenters. The molecule has 7 heteroatoms. The molecule has 1 aromatic heterocycles. The van der Waals surface area contributed by atoms with E-state index in [9.17, 15) is 4.79 Å². The van der Waals surface area contributed by atoms with Gasteiger partial charge in [-0.2, -0.15) is 0 Å². The fourth-order valence-electron chi connectivity index (χ4n) is 4.30. The Hall–Kier alpha value is -3.16. The molecule has 0 atom stereocenters. The minimum absolute atomic E-state index is 0.00569. The molecule has 0 aliphatic carbocycles. The molecule has 0 bridgehead atoms. The Balaban J connectivity index is 1.48. The molecule has 154 valence electrons. The minimum Gasteiger partial charge on any atom is -0.381 e. The minimum atomic E-state index is -0.231. The SMILES string of the molecule is Cc1ccc(C(=O)Nc2ccon2)cc1-c1ccc2c(c1)NOCC21CCOCC1. The van der Waals surface area contributed by atoms with Crippen molar-refractivity contribution in [3.63, 3.8) is 0 Å². The molecule has 1 amide bonds. The zero-order valence-electron chi connectivity index (χ0n) is 16.7. The van der Waals surface area contributed by atoms with E-state index in [4.69, 9.17) is 14.1 Å². The van der Waals surface area contributed by atoms with Crippen LogP contribution in [0.5, 0.6) is 0 Å². The Morgan fingerprint density at radius 3 is 2.80 bits per heavy atom. The number of fused-ring (bicyclic) bond motifs is 2. The second-order valence-electron chi connectivity index (χ2n) is 7.91. The number of aryl methyl sites for hydroxylation is 1. The Kier molecular flexibility index (Phi) is 4.77. The molecular formula is C23H23N3O4. The highest BCUT2D eigenvalue weighted by Crippen LogP contribution is 2.43. The molecule has 5 rings (SSSR count). The lowest BCUT2D eigenvalue weighted by Crippen LogP contribution is -2.42. The van der Waals surface area contributed by atoms with Crippen molar-refractivity contribution < 1.29 is 18.9 Å². The molecule has 1 saturated heterocycles. The summed E-state index contributed by atoms with van der Waals surface area (Å²) in [6.45, 7) is 4.20. The van der Waals surface area contributed by atoms with Gasteiger partial charge in [0.25, 0.3) is 5.91 Å². The number of rotatable bonds is 3. The number of carbonyl (C=O) groups is 1. The van der Waals surface area contributed by atoms with Crippen molar-refractivity contribution in [2.24, 2.45) is 0 Å². The van der Waals surface area contributed by atoms with Gasteiger partial charge in [-0.15, -0.1) is 0 Å². The normalized spacial score (nSPS) is 17.2. The number of ether oxygens (including phenoxy) is 1. The van der Waals surface area contributed by atoms with Crippen molar-refractivity contribution in [2.45, 2.75) is 25.2 Å². The quantitative estimate of drug-likeness (QED) is 0.675. The van der Waals surface area contributed by atoms with Crippen LogP contribution in [0.2, 0.25) is 0 Å². The lowest BCUT2D eigenvalue weighted by Gasteiger charge is -2.41. The van der Waals surface area contributed by atoms with E-state index in [0.29, 0.717) is 18.0 Å².